The first-order chi connectivity index (χ1) is 8.08. The van der Waals surface area contributed by atoms with Gasteiger partial charge in [-0.15, -0.1) is 0 Å². The highest BCUT2D eigenvalue weighted by Crippen LogP contribution is 2.24. The van der Waals surface area contributed by atoms with Crippen LogP contribution in [0.1, 0.15) is 50.3 Å². The first kappa shape index (κ1) is 14.1. The van der Waals surface area contributed by atoms with Crippen LogP contribution in [-0.2, 0) is 0 Å². The number of hydrazine groups is 1. The van der Waals surface area contributed by atoms with Gasteiger partial charge in [0.05, 0.1) is 0 Å². The summed E-state index contributed by atoms with van der Waals surface area (Å²) in [5, 5.41) is 0. The third-order valence-corrected chi connectivity index (χ3v) is 3.21. The maximum Gasteiger partial charge on any atom is 0.126 e. The molecule has 0 aliphatic rings. The molecule has 0 bridgehead atoms. The molecular formula is C14H23FN2. The molecule has 96 valence electrons. The second-order valence-electron chi connectivity index (χ2n) is 4.86. The van der Waals surface area contributed by atoms with Gasteiger partial charge in [0.25, 0.3) is 0 Å². The zero-order valence-electron chi connectivity index (χ0n) is 11.0. The van der Waals surface area contributed by atoms with Gasteiger partial charge in [0, 0.05) is 6.04 Å². The smallest absolute Gasteiger partial charge is 0.126 e. The lowest BCUT2D eigenvalue weighted by molar-refractivity contribution is 0.394. The fraction of sp³-hybridized carbons (Fsp3) is 0.571. The van der Waals surface area contributed by atoms with Crippen LogP contribution >= 0.6 is 0 Å². The Morgan fingerprint density at radius 3 is 2.65 bits per heavy atom. The number of nitrogens with one attached hydrogen (secondary N) is 1. The van der Waals surface area contributed by atoms with E-state index in [0.717, 1.165) is 12.0 Å². The third kappa shape index (κ3) is 4.10. The van der Waals surface area contributed by atoms with Crippen LogP contribution in [0.25, 0.3) is 0 Å². The van der Waals surface area contributed by atoms with Crippen molar-refractivity contribution in [2.75, 3.05) is 0 Å². The van der Waals surface area contributed by atoms with E-state index >= 15 is 0 Å². The highest BCUT2D eigenvalue weighted by Gasteiger charge is 2.14. The van der Waals surface area contributed by atoms with E-state index in [4.69, 9.17) is 5.84 Å². The maximum absolute atomic E-state index is 13.2. The van der Waals surface area contributed by atoms with E-state index in [1.165, 1.54) is 18.9 Å². The molecule has 17 heavy (non-hydrogen) atoms. The highest BCUT2D eigenvalue weighted by atomic mass is 19.1. The number of benzene rings is 1. The second-order valence-corrected chi connectivity index (χ2v) is 4.86. The SMILES string of the molecule is CCCC(C)CC(NN)c1ccc(F)c(C)c1. The normalized spacial score (nSPS) is 14.6. The molecular weight excluding hydrogens is 215 g/mol. The van der Waals surface area contributed by atoms with Gasteiger partial charge in [-0.2, -0.15) is 0 Å². The molecule has 0 aliphatic heterocycles. The molecule has 0 saturated heterocycles. The van der Waals surface area contributed by atoms with Crippen molar-refractivity contribution in [1.29, 1.82) is 0 Å². The molecule has 0 spiro atoms. The quantitative estimate of drug-likeness (QED) is 0.588. The fourth-order valence-corrected chi connectivity index (χ4v) is 2.20. The Morgan fingerprint density at radius 1 is 1.41 bits per heavy atom. The van der Waals surface area contributed by atoms with E-state index < -0.39 is 0 Å². The number of rotatable bonds is 6. The number of hydrogen-bond acceptors (Lipinski definition) is 2. The average Bonchev–Trinajstić information content (AvgIpc) is 2.30. The molecule has 0 saturated carbocycles. The summed E-state index contributed by atoms with van der Waals surface area (Å²) in [6, 6.07) is 5.31. The summed E-state index contributed by atoms with van der Waals surface area (Å²) < 4.78 is 13.2. The lowest BCUT2D eigenvalue weighted by Gasteiger charge is -2.21. The van der Waals surface area contributed by atoms with E-state index in [9.17, 15) is 4.39 Å². The van der Waals surface area contributed by atoms with Crippen LogP contribution < -0.4 is 11.3 Å². The van der Waals surface area contributed by atoms with Crippen molar-refractivity contribution in [3.63, 3.8) is 0 Å². The van der Waals surface area contributed by atoms with E-state index in [1.54, 1.807) is 6.92 Å². The second kappa shape index (κ2) is 6.72. The molecule has 3 heteroatoms. The Hall–Kier alpha value is -0.930. The van der Waals surface area contributed by atoms with E-state index in [1.807, 2.05) is 12.1 Å². The number of halogens is 1. The van der Waals surface area contributed by atoms with Gasteiger partial charge in [-0.3, -0.25) is 11.3 Å². The van der Waals surface area contributed by atoms with Crippen LogP contribution in [0.15, 0.2) is 18.2 Å². The Labute approximate surface area is 103 Å². The van der Waals surface area contributed by atoms with Gasteiger partial charge >= 0.3 is 0 Å². The zero-order chi connectivity index (χ0) is 12.8. The fourth-order valence-electron chi connectivity index (χ4n) is 2.20. The van der Waals surface area contributed by atoms with Crippen LogP contribution in [0.4, 0.5) is 4.39 Å². The predicted molar refractivity (Wildman–Crippen MR) is 69.9 cm³/mol. The molecule has 0 aromatic heterocycles. The maximum atomic E-state index is 13.2. The van der Waals surface area contributed by atoms with Gasteiger partial charge in [-0.05, 0) is 36.5 Å². The molecule has 1 rings (SSSR count). The minimum atomic E-state index is -0.161. The zero-order valence-corrected chi connectivity index (χ0v) is 11.0. The highest BCUT2D eigenvalue weighted by molar-refractivity contribution is 5.26. The molecule has 0 heterocycles. The van der Waals surface area contributed by atoms with Crippen molar-refractivity contribution < 1.29 is 4.39 Å². The average molecular weight is 238 g/mol. The molecule has 1 aromatic carbocycles. The van der Waals surface area contributed by atoms with Crippen LogP contribution in [0.5, 0.6) is 0 Å². The van der Waals surface area contributed by atoms with Gasteiger partial charge < -0.3 is 0 Å². The lowest BCUT2D eigenvalue weighted by atomic mass is 9.92. The molecule has 2 atom stereocenters. The molecule has 3 N–H and O–H groups in total. The molecule has 0 fully saturated rings. The van der Waals surface area contributed by atoms with Crippen molar-refractivity contribution in [2.24, 2.45) is 11.8 Å². The first-order valence-electron chi connectivity index (χ1n) is 6.30. The Morgan fingerprint density at radius 2 is 2.12 bits per heavy atom. The van der Waals surface area contributed by atoms with Gasteiger partial charge in [-0.25, -0.2) is 4.39 Å². The monoisotopic (exact) mass is 238 g/mol. The summed E-state index contributed by atoms with van der Waals surface area (Å²) in [4.78, 5) is 0. The van der Waals surface area contributed by atoms with Crippen molar-refractivity contribution in [1.82, 2.24) is 5.43 Å². The van der Waals surface area contributed by atoms with Crippen molar-refractivity contribution in [3.05, 3.63) is 35.1 Å². The number of nitrogens with two attached hydrogens (primary N) is 1. The standard InChI is InChI=1S/C14H23FN2/c1-4-5-10(2)8-14(17-16)12-6-7-13(15)11(3)9-12/h6-7,9-10,14,17H,4-5,8,16H2,1-3H3. The molecule has 0 aliphatic carbocycles. The van der Waals surface area contributed by atoms with Gasteiger partial charge in [0.15, 0.2) is 0 Å². The summed E-state index contributed by atoms with van der Waals surface area (Å²) in [5.74, 6) is 6.05. The predicted octanol–water partition coefficient (Wildman–Crippen LogP) is 3.46. The van der Waals surface area contributed by atoms with Crippen LogP contribution in [0, 0.1) is 18.7 Å². The summed E-state index contributed by atoms with van der Waals surface area (Å²) >= 11 is 0. The van der Waals surface area contributed by atoms with Gasteiger partial charge in [0.2, 0.25) is 0 Å². The minimum absolute atomic E-state index is 0.107. The number of aryl methyl sites for hydroxylation is 1. The van der Waals surface area contributed by atoms with Gasteiger partial charge in [0.1, 0.15) is 5.82 Å². The van der Waals surface area contributed by atoms with E-state index in [-0.39, 0.29) is 11.9 Å². The van der Waals surface area contributed by atoms with E-state index in [0.29, 0.717) is 11.5 Å². The van der Waals surface area contributed by atoms with Crippen LogP contribution in [0.2, 0.25) is 0 Å². The first-order valence-corrected chi connectivity index (χ1v) is 6.30. The van der Waals surface area contributed by atoms with Crippen LogP contribution in [0.3, 0.4) is 0 Å². The van der Waals surface area contributed by atoms with Crippen molar-refractivity contribution in [2.45, 2.75) is 46.1 Å². The summed E-state index contributed by atoms with van der Waals surface area (Å²) in [5.41, 5.74) is 4.57. The lowest BCUT2D eigenvalue weighted by Crippen LogP contribution is -2.29. The minimum Gasteiger partial charge on any atom is -0.271 e. The Kier molecular flexibility index (Phi) is 5.59. The van der Waals surface area contributed by atoms with Crippen LogP contribution in [-0.4, -0.2) is 0 Å². The molecule has 2 nitrogen and oxygen atoms in total. The molecule has 0 radical (unpaired) electrons. The molecule has 1 aromatic rings. The Bertz CT molecular complexity index is 352. The largest absolute Gasteiger partial charge is 0.271 e. The topological polar surface area (TPSA) is 38.0 Å². The van der Waals surface area contributed by atoms with Crippen molar-refractivity contribution in [3.8, 4) is 0 Å². The molecule has 0 amide bonds. The Balaban J connectivity index is 2.75. The number of hydrogen-bond donors (Lipinski definition) is 2. The van der Waals surface area contributed by atoms with Gasteiger partial charge in [-0.1, -0.05) is 38.8 Å². The summed E-state index contributed by atoms with van der Waals surface area (Å²) in [6.07, 6.45) is 3.36. The summed E-state index contributed by atoms with van der Waals surface area (Å²) in [6.45, 7) is 6.19. The summed E-state index contributed by atoms with van der Waals surface area (Å²) in [7, 11) is 0. The van der Waals surface area contributed by atoms with Crippen molar-refractivity contribution >= 4 is 0 Å². The van der Waals surface area contributed by atoms with E-state index in [2.05, 4.69) is 19.3 Å². The molecule has 2 unspecified atom stereocenters. The third-order valence-electron chi connectivity index (χ3n) is 3.21.